The van der Waals surface area contributed by atoms with E-state index in [-0.39, 0.29) is 24.0 Å². The van der Waals surface area contributed by atoms with Gasteiger partial charge in [0.05, 0.1) is 13.2 Å². The molecule has 6 heteroatoms. The fourth-order valence-corrected chi connectivity index (χ4v) is 3.51. The summed E-state index contributed by atoms with van der Waals surface area (Å²) in [6, 6.07) is 14.7. The van der Waals surface area contributed by atoms with Crippen molar-refractivity contribution >= 4 is 17.5 Å². The van der Waals surface area contributed by atoms with Gasteiger partial charge in [0.25, 0.3) is 0 Å². The van der Waals surface area contributed by atoms with Gasteiger partial charge in [0.2, 0.25) is 5.91 Å². The van der Waals surface area contributed by atoms with Gasteiger partial charge in [-0.1, -0.05) is 41.9 Å². The summed E-state index contributed by atoms with van der Waals surface area (Å²) in [6.45, 7) is 4.71. The van der Waals surface area contributed by atoms with E-state index in [1.165, 1.54) is 0 Å². The van der Waals surface area contributed by atoms with E-state index in [1.807, 2.05) is 30.3 Å². The molecule has 1 amide bonds. The van der Waals surface area contributed by atoms with Crippen LogP contribution in [0.25, 0.3) is 0 Å². The normalized spacial score (nSPS) is 16.0. The average Bonchev–Trinajstić information content (AvgIpc) is 2.70. The smallest absolute Gasteiger partial charge is 0.220 e. The second-order valence-electron chi connectivity index (χ2n) is 6.67. The largest absolute Gasteiger partial charge is 0.508 e. The van der Waals surface area contributed by atoms with E-state index >= 15 is 0 Å². The molecule has 0 radical (unpaired) electrons. The van der Waals surface area contributed by atoms with Crippen LogP contribution in [0.5, 0.6) is 5.75 Å². The summed E-state index contributed by atoms with van der Waals surface area (Å²) in [4.78, 5) is 14.8. The molecule has 5 nitrogen and oxygen atoms in total. The van der Waals surface area contributed by atoms with Crippen LogP contribution in [0.1, 0.15) is 23.5 Å². The van der Waals surface area contributed by atoms with Crippen molar-refractivity contribution in [2.45, 2.75) is 12.3 Å². The van der Waals surface area contributed by atoms with E-state index in [0.717, 1.165) is 38.4 Å². The van der Waals surface area contributed by atoms with Gasteiger partial charge < -0.3 is 15.2 Å². The first-order valence-corrected chi connectivity index (χ1v) is 9.61. The second kappa shape index (κ2) is 9.74. The average molecular weight is 389 g/mol. The highest BCUT2D eigenvalue weighted by molar-refractivity contribution is 6.30. The SMILES string of the molecule is O=C(C[C@@H](c1ccccc1)c1cc(Cl)ccc1O)NCCN1CCOCC1. The monoisotopic (exact) mass is 388 g/mol. The molecule has 0 saturated carbocycles. The lowest BCUT2D eigenvalue weighted by atomic mass is 9.87. The molecule has 144 valence electrons. The van der Waals surface area contributed by atoms with Crippen LogP contribution < -0.4 is 5.32 Å². The van der Waals surface area contributed by atoms with Gasteiger partial charge in [-0.15, -0.1) is 0 Å². The number of rotatable bonds is 7. The maximum atomic E-state index is 12.6. The molecule has 1 aliphatic heterocycles. The minimum absolute atomic E-state index is 0.0449. The first kappa shape index (κ1) is 19.7. The third-order valence-corrected chi connectivity index (χ3v) is 5.05. The molecule has 1 saturated heterocycles. The van der Waals surface area contributed by atoms with Crippen molar-refractivity contribution in [1.29, 1.82) is 0 Å². The maximum absolute atomic E-state index is 12.6. The number of halogens is 1. The molecule has 1 aliphatic rings. The Morgan fingerprint density at radius 2 is 1.93 bits per heavy atom. The molecule has 0 aromatic heterocycles. The number of nitrogens with one attached hydrogen (secondary N) is 1. The van der Waals surface area contributed by atoms with Gasteiger partial charge in [0.1, 0.15) is 5.75 Å². The van der Waals surface area contributed by atoms with Crippen molar-refractivity contribution in [2.75, 3.05) is 39.4 Å². The summed E-state index contributed by atoms with van der Waals surface area (Å²) >= 11 is 6.13. The van der Waals surface area contributed by atoms with Gasteiger partial charge in [-0.25, -0.2) is 0 Å². The Kier molecular flexibility index (Phi) is 7.10. The minimum atomic E-state index is -0.256. The molecular weight excluding hydrogens is 364 g/mol. The van der Waals surface area contributed by atoms with Crippen molar-refractivity contribution in [2.24, 2.45) is 0 Å². The number of carbonyl (C=O) groups is 1. The van der Waals surface area contributed by atoms with Crippen LogP contribution in [0.15, 0.2) is 48.5 Å². The Morgan fingerprint density at radius 1 is 1.19 bits per heavy atom. The first-order chi connectivity index (χ1) is 13.1. The summed E-state index contributed by atoms with van der Waals surface area (Å²) in [5.74, 6) is -0.154. The third kappa shape index (κ3) is 5.70. The molecule has 2 aromatic rings. The molecule has 2 N–H and O–H groups in total. The van der Waals surface area contributed by atoms with Crippen LogP contribution in [-0.4, -0.2) is 55.3 Å². The predicted molar refractivity (Wildman–Crippen MR) is 106 cm³/mol. The van der Waals surface area contributed by atoms with E-state index in [0.29, 0.717) is 17.1 Å². The highest BCUT2D eigenvalue weighted by Gasteiger charge is 2.21. The maximum Gasteiger partial charge on any atom is 0.220 e. The van der Waals surface area contributed by atoms with Crippen LogP contribution in [0, 0.1) is 0 Å². The van der Waals surface area contributed by atoms with Gasteiger partial charge in [-0.2, -0.15) is 0 Å². The van der Waals surface area contributed by atoms with Crippen LogP contribution in [-0.2, 0) is 9.53 Å². The summed E-state index contributed by atoms with van der Waals surface area (Å²) in [7, 11) is 0. The number of aromatic hydroxyl groups is 1. The van der Waals surface area contributed by atoms with E-state index in [4.69, 9.17) is 16.3 Å². The fourth-order valence-electron chi connectivity index (χ4n) is 3.33. The number of hydrogen-bond donors (Lipinski definition) is 2. The Morgan fingerprint density at radius 3 is 2.67 bits per heavy atom. The van der Waals surface area contributed by atoms with Crippen LogP contribution in [0.4, 0.5) is 0 Å². The summed E-state index contributed by atoms with van der Waals surface area (Å²) in [5, 5.41) is 13.9. The van der Waals surface area contributed by atoms with Crippen molar-refractivity contribution in [1.82, 2.24) is 10.2 Å². The standard InChI is InChI=1S/C21H25ClN2O3/c22-17-6-7-20(25)19(14-17)18(16-4-2-1-3-5-16)15-21(26)23-8-9-24-10-12-27-13-11-24/h1-7,14,18,25H,8-13,15H2,(H,23,26)/t18-/m0/s1. The number of phenols is 1. The zero-order valence-electron chi connectivity index (χ0n) is 15.2. The Labute approximate surface area is 164 Å². The molecule has 1 fully saturated rings. The summed E-state index contributed by atoms with van der Waals surface area (Å²) in [6.07, 6.45) is 0.251. The van der Waals surface area contributed by atoms with Crippen LogP contribution in [0.2, 0.25) is 5.02 Å². The lowest BCUT2D eigenvalue weighted by Gasteiger charge is -2.26. The number of hydrogen-bond acceptors (Lipinski definition) is 4. The molecule has 1 heterocycles. The molecular formula is C21H25ClN2O3. The second-order valence-corrected chi connectivity index (χ2v) is 7.11. The molecule has 27 heavy (non-hydrogen) atoms. The van der Waals surface area contributed by atoms with Gasteiger partial charge in [-0.05, 0) is 23.8 Å². The number of nitrogens with zero attached hydrogens (tertiary/aromatic N) is 1. The van der Waals surface area contributed by atoms with Crippen molar-refractivity contribution in [3.8, 4) is 5.75 Å². The number of carbonyl (C=O) groups excluding carboxylic acids is 1. The summed E-state index contributed by atoms with van der Waals surface area (Å²) in [5.41, 5.74) is 1.63. The van der Waals surface area contributed by atoms with Crippen molar-refractivity contribution in [3.63, 3.8) is 0 Å². The number of morpholine rings is 1. The predicted octanol–water partition coefficient (Wildman–Crippen LogP) is 3.02. The lowest BCUT2D eigenvalue weighted by molar-refractivity contribution is -0.121. The molecule has 0 unspecified atom stereocenters. The molecule has 0 aliphatic carbocycles. The van der Waals surface area contributed by atoms with E-state index in [9.17, 15) is 9.90 Å². The molecule has 0 bridgehead atoms. The zero-order valence-corrected chi connectivity index (χ0v) is 16.0. The Hall–Kier alpha value is -2.08. The minimum Gasteiger partial charge on any atom is -0.508 e. The quantitative estimate of drug-likeness (QED) is 0.765. The van der Waals surface area contributed by atoms with Gasteiger partial charge in [0.15, 0.2) is 0 Å². The molecule has 2 aromatic carbocycles. The number of phenolic OH excluding ortho intramolecular Hbond substituents is 1. The molecule has 1 atom stereocenters. The van der Waals surface area contributed by atoms with E-state index < -0.39 is 0 Å². The van der Waals surface area contributed by atoms with Gasteiger partial charge in [-0.3, -0.25) is 9.69 Å². The van der Waals surface area contributed by atoms with E-state index in [2.05, 4.69) is 10.2 Å². The van der Waals surface area contributed by atoms with Crippen molar-refractivity contribution < 1.29 is 14.6 Å². The number of ether oxygens (including phenoxy) is 1. The van der Waals surface area contributed by atoms with Crippen molar-refractivity contribution in [3.05, 3.63) is 64.7 Å². The van der Waals surface area contributed by atoms with E-state index in [1.54, 1.807) is 18.2 Å². The Balaban J connectivity index is 1.66. The van der Waals surface area contributed by atoms with Crippen LogP contribution in [0.3, 0.4) is 0 Å². The third-order valence-electron chi connectivity index (χ3n) is 4.81. The highest BCUT2D eigenvalue weighted by Crippen LogP contribution is 2.35. The first-order valence-electron chi connectivity index (χ1n) is 9.23. The van der Waals surface area contributed by atoms with Gasteiger partial charge >= 0.3 is 0 Å². The zero-order chi connectivity index (χ0) is 19.1. The van der Waals surface area contributed by atoms with Gasteiger partial charge in [0, 0.05) is 49.1 Å². The number of amides is 1. The lowest BCUT2D eigenvalue weighted by Crippen LogP contribution is -2.41. The summed E-state index contributed by atoms with van der Waals surface area (Å²) < 4.78 is 5.34. The van der Waals surface area contributed by atoms with Crippen LogP contribution >= 0.6 is 11.6 Å². The molecule has 3 rings (SSSR count). The Bertz CT molecular complexity index is 748. The molecule has 0 spiro atoms. The number of benzene rings is 2. The topological polar surface area (TPSA) is 61.8 Å². The highest BCUT2D eigenvalue weighted by atomic mass is 35.5. The fraction of sp³-hybridized carbons (Fsp3) is 0.381.